The first-order valence-electron chi connectivity index (χ1n) is 5.88. The molecule has 0 amide bonds. The maximum atomic E-state index is 6.23. The first-order chi connectivity index (χ1) is 9.20. The second-order valence-electron chi connectivity index (χ2n) is 4.02. The average Bonchev–Trinajstić information content (AvgIpc) is 2.88. The van der Waals surface area contributed by atoms with E-state index in [0.717, 1.165) is 5.56 Å². The van der Waals surface area contributed by atoms with Crippen LogP contribution in [0, 0.1) is 0 Å². The number of benzene rings is 1. The number of imidazole rings is 1. The number of hydrogen-bond acceptors (Lipinski definition) is 2. The van der Waals surface area contributed by atoms with Crippen molar-refractivity contribution in [3.8, 4) is 0 Å². The highest BCUT2D eigenvalue weighted by molar-refractivity contribution is 6.35. The molecule has 100 valence electrons. The third kappa shape index (κ3) is 3.75. The maximum absolute atomic E-state index is 6.23. The highest BCUT2D eigenvalue weighted by Gasteiger charge is 2.16. The van der Waals surface area contributed by atoms with Gasteiger partial charge >= 0.3 is 0 Å². The Hall–Kier alpha value is -1.45. The minimum absolute atomic E-state index is 0.185. The van der Waals surface area contributed by atoms with Crippen LogP contribution in [0.15, 0.2) is 49.3 Å². The van der Waals surface area contributed by atoms with E-state index in [2.05, 4.69) is 4.98 Å². The van der Waals surface area contributed by atoms with Gasteiger partial charge in [0.1, 0.15) is 6.10 Å². The summed E-state index contributed by atoms with van der Waals surface area (Å²) in [5, 5.41) is 1.21. The predicted octanol–water partition coefficient (Wildman–Crippen LogP) is 4.48. The molecule has 0 fully saturated rings. The second-order valence-corrected chi connectivity index (χ2v) is 4.86. The van der Waals surface area contributed by atoms with Gasteiger partial charge in [0.05, 0.1) is 19.1 Å². The fourth-order valence-electron chi connectivity index (χ4n) is 1.74. The second kappa shape index (κ2) is 6.64. The summed E-state index contributed by atoms with van der Waals surface area (Å²) in [6.45, 7) is 2.53. The van der Waals surface area contributed by atoms with E-state index < -0.39 is 0 Å². The summed E-state index contributed by atoms with van der Waals surface area (Å²) in [6, 6.07) is 5.41. The van der Waals surface area contributed by atoms with E-state index in [1.807, 2.05) is 35.9 Å². The van der Waals surface area contributed by atoms with Crippen LogP contribution < -0.4 is 0 Å². The van der Waals surface area contributed by atoms with E-state index in [-0.39, 0.29) is 6.10 Å². The number of halogens is 2. The zero-order chi connectivity index (χ0) is 13.7. The third-order valence-corrected chi connectivity index (χ3v) is 3.19. The van der Waals surface area contributed by atoms with Crippen LogP contribution in [0.4, 0.5) is 0 Å². The molecule has 0 unspecified atom stereocenters. The molecule has 1 heterocycles. The van der Waals surface area contributed by atoms with E-state index in [1.54, 1.807) is 24.9 Å². The van der Waals surface area contributed by atoms with Gasteiger partial charge in [-0.05, 0) is 19.1 Å². The molecule has 0 aliphatic rings. The normalized spacial score (nSPS) is 12.8. The largest absolute Gasteiger partial charge is 0.492 e. The van der Waals surface area contributed by atoms with Crippen LogP contribution in [0.2, 0.25) is 10.0 Å². The van der Waals surface area contributed by atoms with E-state index in [0.29, 0.717) is 16.6 Å². The molecule has 19 heavy (non-hydrogen) atoms. The standard InChI is InChI=1S/C14H14Cl2N2O/c1-2-7-19-14(9-18-6-5-17-10-18)12-4-3-11(15)8-13(12)16/h2-8,10,14H,9H2,1H3/b7-2-/t14-/m1/s1. The van der Waals surface area contributed by atoms with Gasteiger partial charge in [0.25, 0.3) is 0 Å². The predicted molar refractivity (Wildman–Crippen MR) is 77.3 cm³/mol. The Morgan fingerprint density at radius 3 is 2.89 bits per heavy atom. The summed E-state index contributed by atoms with van der Waals surface area (Å²) in [5.41, 5.74) is 0.901. The van der Waals surface area contributed by atoms with Crippen LogP contribution in [0.3, 0.4) is 0 Å². The van der Waals surface area contributed by atoms with E-state index in [9.17, 15) is 0 Å². The van der Waals surface area contributed by atoms with Crippen LogP contribution in [0.1, 0.15) is 18.6 Å². The van der Waals surface area contributed by atoms with Gasteiger partial charge in [0.2, 0.25) is 0 Å². The fraction of sp³-hybridized carbons (Fsp3) is 0.214. The Morgan fingerprint density at radius 1 is 1.42 bits per heavy atom. The molecule has 1 aromatic heterocycles. The smallest absolute Gasteiger partial charge is 0.142 e. The van der Waals surface area contributed by atoms with Gasteiger partial charge in [-0.2, -0.15) is 0 Å². The first kappa shape index (κ1) is 14.0. The molecule has 0 saturated carbocycles. The molecule has 2 rings (SSSR count). The lowest BCUT2D eigenvalue weighted by atomic mass is 10.1. The lowest BCUT2D eigenvalue weighted by Crippen LogP contribution is -2.10. The molecular weight excluding hydrogens is 283 g/mol. The van der Waals surface area contributed by atoms with Gasteiger partial charge in [-0.15, -0.1) is 0 Å². The maximum Gasteiger partial charge on any atom is 0.142 e. The Balaban J connectivity index is 2.25. The van der Waals surface area contributed by atoms with Crippen molar-refractivity contribution in [2.75, 3.05) is 0 Å². The zero-order valence-electron chi connectivity index (χ0n) is 10.5. The Bertz CT molecular complexity index is 553. The molecule has 1 aromatic carbocycles. The molecule has 0 aliphatic carbocycles. The summed E-state index contributed by atoms with van der Waals surface area (Å²) in [7, 11) is 0. The van der Waals surface area contributed by atoms with Gasteiger partial charge in [-0.25, -0.2) is 4.98 Å². The Morgan fingerprint density at radius 2 is 2.26 bits per heavy atom. The number of nitrogens with zero attached hydrogens (tertiary/aromatic N) is 2. The molecule has 3 nitrogen and oxygen atoms in total. The van der Waals surface area contributed by atoms with Crippen molar-refractivity contribution < 1.29 is 4.74 Å². The van der Waals surface area contributed by atoms with Crippen LogP contribution in [0.25, 0.3) is 0 Å². The molecule has 0 N–H and O–H groups in total. The fourth-order valence-corrected chi connectivity index (χ4v) is 2.27. The molecular formula is C14H14Cl2N2O. The van der Waals surface area contributed by atoms with Crippen LogP contribution in [0.5, 0.6) is 0 Å². The van der Waals surface area contributed by atoms with Crippen molar-refractivity contribution >= 4 is 23.2 Å². The number of ether oxygens (including phenoxy) is 1. The van der Waals surface area contributed by atoms with Crippen LogP contribution in [-0.4, -0.2) is 9.55 Å². The van der Waals surface area contributed by atoms with Crippen molar-refractivity contribution in [3.05, 3.63) is 64.9 Å². The molecule has 0 aliphatic heterocycles. The van der Waals surface area contributed by atoms with E-state index in [1.165, 1.54) is 0 Å². The monoisotopic (exact) mass is 296 g/mol. The van der Waals surface area contributed by atoms with Crippen molar-refractivity contribution in [3.63, 3.8) is 0 Å². The SMILES string of the molecule is C/C=C\O[C@H](Cn1ccnc1)c1ccc(Cl)cc1Cl. The van der Waals surface area contributed by atoms with Crippen molar-refractivity contribution in [2.45, 2.75) is 19.6 Å². The summed E-state index contributed by atoms with van der Waals surface area (Å²) < 4.78 is 7.66. The van der Waals surface area contributed by atoms with Crippen molar-refractivity contribution in [2.24, 2.45) is 0 Å². The highest BCUT2D eigenvalue weighted by atomic mass is 35.5. The van der Waals surface area contributed by atoms with Gasteiger partial charge in [-0.1, -0.05) is 35.3 Å². The number of rotatable bonds is 5. The molecule has 5 heteroatoms. The summed E-state index contributed by atoms with van der Waals surface area (Å²) >= 11 is 12.1. The minimum atomic E-state index is -0.185. The lowest BCUT2D eigenvalue weighted by Gasteiger charge is -2.19. The molecule has 0 spiro atoms. The summed E-state index contributed by atoms with van der Waals surface area (Å²) in [5.74, 6) is 0. The molecule has 0 radical (unpaired) electrons. The van der Waals surface area contributed by atoms with Crippen LogP contribution in [-0.2, 0) is 11.3 Å². The minimum Gasteiger partial charge on any atom is -0.492 e. The number of allylic oxidation sites excluding steroid dienone is 1. The van der Waals surface area contributed by atoms with Gasteiger partial charge in [-0.3, -0.25) is 0 Å². The van der Waals surface area contributed by atoms with Crippen molar-refractivity contribution in [1.82, 2.24) is 9.55 Å². The Kier molecular flexibility index (Phi) is 4.88. The lowest BCUT2D eigenvalue weighted by molar-refractivity contribution is 0.127. The third-order valence-electron chi connectivity index (χ3n) is 2.62. The quantitative estimate of drug-likeness (QED) is 0.761. The highest BCUT2D eigenvalue weighted by Crippen LogP contribution is 2.29. The van der Waals surface area contributed by atoms with Gasteiger partial charge < -0.3 is 9.30 Å². The zero-order valence-corrected chi connectivity index (χ0v) is 12.0. The summed E-state index contributed by atoms with van der Waals surface area (Å²) in [6.07, 6.45) is 8.68. The van der Waals surface area contributed by atoms with Gasteiger partial charge in [0, 0.05) is 28.0 Å². The average molecular weight is 297 g/mol. The molecule has 0 saturated heterocycles. The van der Waals surface area contributed by atoms with Crippen molar-refractivity contribution in [1.29, 1.82) is 0 Å². The molecule has 2 aromatic rings. The Labute approximate surface area is 122 Å². The topological polar surface area (TPSA) is 27.1 Å². The first-order valence-corrected chi connectivity index (χ1v) is 6.63. The van der Waals surface area contributed by atoms with Gasteiger partial charge in [0.15, 0.2) is 0 Å². The van der Waals surface area contributed by atoms with E-state index >= 15 is 0 Å². The molecule has 1 atom stereocenters. The van der Waals surface area contributed by atoms with E-state index in [4.69, 9.17) is 27.9 Å². The number of hydrogen-bond donors (Lipinski definition) is 0. The summed E-state index contributed by atoms with van der Waals surface area (Å²) in [4.78, 5) is 4.02. The molecule has 0 bridgehead atoms. The van der Waals surface area contributed by atoms with Crippen LogP contribution >= 0.6 is 23.2 Å². The number of aromatic nitrogens is 2.